The number of nitrogens with zero attached hydrogens (tertiary/aromatic N) is 1. The zero-order chi connectivity index (χ0) is 15.1. The Hall–Kier alpha value is -0.160. The fourth-order valence-electron chi connectivity index (χ4n) is 3.23. The van der Waals surface area contributed by atoms with Crippen molar-refractivity contribution >= 4 is 0 Å². The molecule has 0 aliphatic heterocycles. The third-order valence-corrected chi connectivity index (χ3v) is 4.91. The number of ether oxygens (including phenoxy) is 1. The van der Waals surface area contributed by atoms with Crippen LogP contribution in [0.3, 0.4) is 0 Å². The molecular formula is C17H34N2O2. The summed E-state index contributed by atoms with van der Waals surface area (Å²) < 4.78 is 5.84. The number of hydrogen-bond donors (Lipinski definition) is 2. The maximum atomic E-state index is 9.97. The highest BCUT2D eigenvalue weighted by atomic mass is 16.5. The van der Waals surface area contributed by atoms with E-state index in [4.69, 9.17) is 4.74 Å². The largest absolute Gasteiger partial charge is 0.389 e. The number of rotatable bonds is 10. The van der Waals surface area contributed by atoms with Gasteiger partial charge in [-0.1, -0.05) is 13.8 Å². The van der Waals surface area contributed by atoms with Crippen LogP contribution in [-0.2, 0) is 4.74 Å². The monoisotopic (exact) mass is 298 g/mol. The van der Waals surface area contributed by atoms with Crippen molar-refractivity contribution in [2.45, 2.75) is 70.6 Å². The Morgan fingerprint density at radius 2 is 1.90 bits per heavy atom. The Morgan fingerprint density at radius 1 is 1.19 bits per heavy atom. The van der Waals surface area contributed by atoms with Gasteiger partial charge in [-0.3, -0.25) is 4.90 Å². The van der Waals surface area contributed by atoms with Crippen LogP contribution in [0.1, 0.15) is 52.4 Å². The normalized spacial score (nSPS) is 28.0. The molecule has 2 aliphatic rings. The molecule has 2 N–H and O–H groups in total. The second-order valence-electron chi connectivity index (χ2n) is 6.93. The van der Waals surface area contributed by atoms with E-state index in [1.807, 2.05) is 0 Å². The summed E-state index contributed by atoms with van der Waals surface area (Å²) in [6.45, 7) is 8.86. The molecule has 21 heavy (non-hydrogen) atoms. The van der Waals surface area contributed by atoms with Crippen molar-refractivity contribution < 1.29 is 9.84 Å². The molecule has 2 fully saturated rings. The minimum atomic E-state index is -0.375. The van der Waals surface area contributed by atoms with Crippen LogP contribution >= 0.6 is 0 Å². The Bertz CT molecular complexity index is 276. The first-order valence-electron chi connectivity index (χ1n) is 8.93. The quantitative estimate of drug-likeness (QED) is 0.606. The fraction of sp³-hybridized carbons (Fsp3) is 1.00. The molecule has 2 saturated carbocycles. The van der Waals surface area contributed by atoms with Crippen molar-refractivity contribution in [3.63, 3.8) is 0 Å². The highest BCUT2D eigenvalue weighted by Gasteiger charge is 2.27. The first kappa shape index (κ1) is 17.2. The van der Waals surface area contributed by atoms with Crippen molar-refractivity contribution in [1.82, 2.24) is 10.2 Å². The maximum Gasteiger partial charge on any atom is 0.0897 e. The molecular weight excluding hydrogens is 264 g/mol. The third kappa shape index (κ3) is 6.64. The van der Waals surface area contributed by atoms with Crippen molar-refractivity contribution in [3.8, 4) is 0 Å². The van der Waals surface area contributed by atoms with Gasteiger partial charge in [0.25, 0.3) is 0 Å². The molecule has 0 bridgehead atoms. The molecule has 0 radical (unpaired) electrons. The van der Waals surface area contributed by atoms with Gasteiger partial charge in [0.15, 0.2) is 0 Å². The van der Waals surface area contributed by atoms with Crippen molar-refractivity contribution in [2.24, 2.45) is 5.92 Å². The standard InChI is InChI=1S/C17H34N2O2/c1-3-19(15-6-7-15)11-10-18-12-16(20)13-21-17-8-4-14(2)5-9-17/h14-18,20H,3-13H2,1-2H3. The van der Waals surface area contributed by atoms with E-state index in [2.05, 4.69) is 24.1 Å². The van der Waals surface area contributed by atoms with E-state index in [-0.39, 0.29) is 6.10 Å². The average molecular weight is 298 g/mol. The lowest BCUT2D eigenvalue weighted by atomic mass is 9.89. The third-order valence-electron chi connectivity index (χ3n) is 4.91. The smallest absolute Gasteiger partial charge is 0.0897 e. The predicted molar refractivity (Wildman–Crippen MR) is 86.5 cm³/mol. The molecule has 0 amide bonds. The van der Waals surface area contributed by atoms with E-state index in [0.717, 1.165) is 44.4 Å². The summed E-state index contributed by atoms with van der Waals surface area (Å²) in [4.78, 5) is 2.53. The number of aliphatic hydroxyl groups is 1. The summed E-state index contributed by atoms with van der Waals surface area (Å²) >= 11 is 0. The number of aliphatic hydroxyl groups excluding tert-OH is 1. The van der Waals surface area contributed by atoms with Crippen LogP contribution in [0.5, 0.6) is 0 Å². The Labute approximate surface area is 130 Å². The first-order valence-corrected chi connectivity index (χ1v) is 8.93. The zero-order valence-electron chi connectivity index (χ0n) is 13.9. The van der Waals surface area contributed by atoms with Crippen LogP contribution < -0.4 is 5.32 Å². The molecule has 2 aliphatic carbocycles. The van der Waals surface area contributed by atoms with Crippen LogP contribution in [0.2, 0.25) is 0 Å². The Balaban J connectivity index is 1.46. The molecule has 2 rings (SSSR count). The van der Waals surface area contributed by atoms with Gasteiger partial charge >= 0.3 is 0 Å². The maximum absolute atomic E-state index is 9.97. The highest BCUT2D eigenvalue weighted by Crippen LogP contribution is 2.26. The first-order chi connectivity index (χ1) is 10.2. The summed E-state index contributed by atoms with van der Waals surface area (Å²) in [7, 11) is 0. The highest BCUT2D eigenvalue weighted by molar-refractivity contribution is 4.84. The minimum absolute atomic E-state index is 0.375. The molecule has 0 aromatic heterocycles. The lowest BCUT2D eigenvalue weighted by molar-refractivity contribution is -0.0278. The van der Waals surface area contributed by atoms with Gasteiger partial charge in [0, 0.05) is 25.7 Å². The topological polar surface area (TPSA) is 44.7 Å². The summed E-state index contributed by atoms with van der Waals surface area (Å²) in [5, 5.41) is 13.3. The average Bonchev–Trinajstić information content (AvgIpc) is 3.31. The number of hydrogen-bond acceptors (Lipinski definition) is 4. The molecule has 0 aromatic carbocycles. The van der Waals surface area contributed by atoms with Gasteiger partial charge in [-0.25, -0.2) is 0 Å². The Morgan fingerprint density at radius 3 is 2.52 bits per heavy atom. The summed E-state index contributed by atoms with van der Waals surface area (Å²) in [6.07, 6.45) is 7.60. The van der Waals surface area contributed by atoms with E-state index in [1.165, 1.54) is 25.7 Å². The van der Waals surface area contributed by atoms with Crippen molar-refractivity contribution in [1.29, 1.82) is 0 Å². The van der Waals surface area contributed by atoms with Crippen LogP contribution in [-0.4, -0.2) is 61.0 Å². The number of nitrogens with one attached hydrogen (secondary N) is 1. The van der Waals surface area contributed by atoms with Crippen LogP contribution in [0.4, 0.5) is 0 Å². The van der Waals surface area contributed by atoms with E-state index in [0.29, 0.717) is 19.3 Å². The molecule has 0 spiro atoms. The molecule has 124 valence electrons. The van der Waals surface area contributed by atoms with Crippen LogP contribution in [0.15, 0.2) is 0 Å². The molecule has 4 heteroatoms. The van der Waals surface area contributed by atoms with Crippen LogP contribution in [0, 0.1) is 5.92 Å². The van der Waals surface area contributed by atoms with Gasteiger partial charge in [-0.2, -0.15) is 0 Å². The molecule has 4 nitrogen and oxygen atoms in total. The summed E-state index contributed by atoms with van der Waals surface area (Å²) in [5.74, 6) is 0.851. The summed E-state index contributed by atoms with van der Waals surface area (Å²) in [6, 6.07) is 0.832. The second kappa shape index (κ2) is 9.09. The van der Waals surface area contributed by atoms with Gasteiger partial charge in [0.1, 0.15) is 0 Å². The van der Waals surface area contributed by atoms with Crippen LogP contribution in [0.25, 0.3) is 0 Å². The van der Waals surface area contributed by atoms with Gasteiger partial charge in [-0.15, -0.1) is 0 Å². The molecule has 1 atom stereocenters. The van der Waals surface area contributed by atoms with E-state index in [9.17, 15) is 5.11 Å². The van der Waals surface area contributed by atoms with Gasteiger partial charge in [0.2, 0.25) is 0 Å². The van der Waals surface area contributed by atoms with Gasteiger partial charge < -0.3 is 15.2 Å². The van der Waals surface area contributed by atoms with Gasteiger partial charge in [-0.05, 0) is 51.0 Å². The lowest BCUT2D eigenvalue weighted by Crippen LogP contribution is -2.38. The van der Waals surface area contributed by atoms with E-state index < -0.39 is 0 Å². The van der Waals surface area contributed by atoms with E-state index in [1.54, 1.807) is 0 Å². The predicted octanol–water partition coefficient (Wildman–Crippen LogP) is 2.02. The van der Waals surface area contributed by atoms with E-state index >= 15 is 0 Å². The van der Waals surface area contributed by atoms with Crippen molar-refractivity contribution in [2.75, 3.05) is 32.8 Å². The molecule has 1 unspecified atom stereocenters. The summed E-state index contributed by atoms with van der Waals surface area (Å²) in [5.41, 5.74) is 0. The van der Waals surface area contributed by atoms with Gasteiger partial charge in [0.05, 0.1) is 18.8 Å². The fourth-order valence-corrected chi connectivity index (χ4v) is 3.23. The minimum Gasteiger partial charge on any atom is -0.389 e. The number of likely N-dealkylation sites (N-methyl/N-ethyl adjacent to an activating group) is 1. The zero-order valence-corrected chi connectivity index (χ0v) is 13.9. The molecule has 0 aromatic rings. The lowest BCUT2D eigenvalue weighted by Gasteiger charge is -2.27. The SMILES string of the molecule is CCN(CCNCC(O)COC1CCC(C)CC1)C1CC1. The second-order valence-corrected chi connectivity index (χ2v) is 6.93. The molecule has 0 saturated heterocycles. The van der Waals surface area contributed by atoms with Crippen molar-refractivity contribution in [3.05, 3.63) is 0 Å². The molecule has 0 heterocycles. The Kier molecular flexibility index (Phi) is 7.44.